The fraction of sp³-hybridized carbons (Fsp3) is 0.231. The van der Waals surface area contributed by atoms with Crippen molar-refractivity contribution in [3.05, 3.63) is 83.6 Å². The van der Waals surface area contributed by atoms with E-state index in [0.29, 0.717) is 40.1 Å². The fourth-order valence-electron chi connectivity index (χ4n) is 3.42. The van der Waals surface area contributed by atoms with E-state index in [2.05, 4.69) is 27.7 Å². The van der Waals surface area contributed by atoms with Crippen molar-refractivity contribution in [3.63, 3.8) is 0 Å². The average molecular weight is 509 g/mol. The Bertz CT molecular complexity index is 1180. The Morgan fingerprint density at radius 3 is 2.64 bits per heavy atom. The Labute approximate surface area is 215 Å². The van der Waals surface area contributed by atoms with Crippen molar-refractivity contribution in [2.75, 3.05) is 19.8 Å². The zero-order valence-corrected chi connectivity index (χ0v) is 20.9. The number of hydrogen-bond donors (Lipinski definition) is 3. The summed E-state index contributed by atoms with van der Waals surface area (Å²) in [5, 5.41) is 10.4. The van der Waals surface area contributed by atoms with Gasteiger partial charge < -0.3 is 24.8 Å². The van der Waals surface area contributed by atoms with E-state index in [1.54, 1.807) is 50.3 Å². The van der Waals surface area contributed by atoms with Crippen molar-refractivity contribution in [2.45, 2.75) is 19.9 Å². The third kappa shape index (κ3) is 7.16. The van der Waals surface area contributed by atoms with Gasteiger partial charge in [0, 0.05) is 11.3 Å². The molecule has 1 aliphatic rings. The van der Waals surface area contributed by atoms with Gasteiger partial charge in [-0.3, -0.25) is 4.79 Å². The van der Waals surface area contributed by atoms with Crippen molar-refractivity contribution < 1.29 is 23.8 Å². The number of rotatable bonds is 11. The zero-order valence-electron chi connectivity index (χ0n) is 20.1. The van der Waals surface area contributed by atoms with Gasteiger partial charge in [-0.1, -0.05) is 30.9 Å². The van der Waals surface area contributed by atoms with E-state index < -0.39 is 17.9 Å². The van der Waals surface area contributed by atoms with E-state index in [4.69, 9.17) is 26.4 Å². The van der Waals surface area contributed by atoms with Gasteiger partial charge >= 0.3 is 5.97 Å². The molecular formula is C26H28N4O5S. The highest BCUT2D eigenvalue weighted by atomic mass is 32.1. The topological polar surface area (TPSA) is 110 Å². The molecule has 188 valence electrons. The standard InChI is InChI=1S/C26H28N4O5S/c1-4-14-34-19-12-10-18(11-13-19)15-27-30-22(31)16-35-21-9-7-6-8-20(21)24-23(25(32)33-5-2)17(3)28-26(36)29-24/h4,6-13,15,24H,1,5,14,16H2,2-3H3,(H,30,31)(H2,28,29,36)/t24-/m0/s1. The minimum Gasteiger partial charge on any atom is -0.490 e. The molecule has 0 fully saturated rings. The molecule has 0 spiro atoms. The lowest BCUT2D eigenvalue weighted by Crippen LogP contribution is -2.45. The molecule has 2 aromatic carbocycles. The maximum atomic E-state index is 12.6. The van der Waals surface area contributed by atoms with E-state index in [1.165, 1.54) is 6.21 Å². The summed E-state index contributed by atoms with van der Waals surface area (Å²) in [6.45, 7) is 7.48. The number of thiocarbonyl (C=S) groups is 1. The van der Waals surface area contributed by atoms with E-state index in [1.807, 2.05) is 18.2 Å². The summed E-state index contributed by atoms with van der Waals surface area (Å²) in [5.41, 5.74) is 4.84. The van der Waals surface area contributed by atoms with Crippen molar-refractivity contribution >= 4 is 35.4 Å². The quantitative estimate of drug-likeness (QED) is 0.140. The van der Waals surface area contributed by atoms with Gasteiger partial charge in [0.25, 0.3) is 5.91 Å². The molecule has 0 saturated carbocycles. The molecular weight excluding hydrogens is 480 g/mol. The van der Waals surface area contributed by atoms with Crippen LogP contribution in [-0.4, -0.2) is 43.0 Å². The van der Waals surface area contributed by atoms with Gasteiger partial charge in [0.2, 0.25) is 0 Å². The average Bonchev–Trinajstić information content (AvgIpc) is 2.87. The molecule has 9 nitrogen and oxygen atoms in total. The van der Waals surface area contributed by atoms with Gasteiger partial charge in [-0.25, -0.2) is 10.2 Å². The maximum Gasteiger partial charge on any atom is 0.338 e. The summed E-state index contributed by atoms with van der Waals surface area (Å²) >= 11 is 5.29. The van der Waals surface area contributed by atoms with Crippen LogP contribution in [0.2, 0.25) is 0 Å². The molecule has 10 heteroatoms. The first-order chi connectivity index (χ1) is 17.4. The van der Waals surface area contributed by atoms with Gasteiger partial charge in [0.1, 0.15) is 18.1 Å². The zero-order chi connectivity index (χ0) is 25.9. The van der Waals surface area contributed by atoms with Crippen molar-refractivity contribution in [3.8, 4) is 11.5 Å². The highest BCUT2D eigenvalue weighted by molar-refractivity contribution is 7.80. The highest BCUT2D eigenvalue weighted by Crippen LogP contribution is 2.33. The molecule has 0 unspecified atom stereocenters. The van der Waals surface area contributed by atoms with Crippen molar-refractivity contribution in [1.82, 2.24) is 16.1 Å². The Hall–Kier alpha value is -4.18. The maximum absolute atomic E-state index is 12.6. The van der Waals surface area contributed by atoms with E-state index in [9.17, 15) is 9.59 Å². The van der Waals surface area contributed by atoms with Crippen molar-refractivity contribution in [2.24, 2.45) is 5.10 Å². The normalized spacial score (nSPS) is 15.1. The number of carbonyl (C=O) groups excluding carboxylic acids is 2. The number of benzene rings is 2. The number of hydrazone groups is 1. The molecule has 0 radical (unpaired) electrons. The van der Waals surface area contributed by atoms with Crippen LogP contribution in [0.1, 0.15) is 31.0 Å². The monoisotopic (exact) mass is 508 g/mol. The number of hydrogen-bond acceptors (Lipinski definition) is 7. The van der Waals surface area contributed by atoms with E-state index >= 15 is 0 Å². The Morgan fingerprint density at radius 1 is 1.17 bits per heavy atom. The minimum absolute atomic E-state index is 0.235. The number of nitrogens with zero attached hydrogens (tertiary/aromatic N) is 1. The molecule has 0 aliphatic carbocycles. The summed E-state index contributed by atoms with van der Waals surface area (Å²) in [7, 11) is 0. The molecule has 2 aromatic rings. The van der Waals surface area contributed by atoms with Gasteiger partial charge in [-0.15, -0.1) is 0 Å². The first-order valence-electron chi connectivity index (χ1n) is 11.3. The summed E-state index contributed by atoms with van der Waals surface area (Å²) in [6.07, 6.45) is 3.18. The van der Waals surface area contributed by atoms with Crippen LogP contribution >= 0.6 is 12.2 Å². The fourth-order valence-corrected chi connectivity index (χ4v) is 3.69. The molecule has 0 saturated heterocycles. The second kappa shape index (κ2) is 13.1. The molecule has 36 heavy (non-hydrogen) atoms. The number of nitrogens with one attached hydrogen (secondary N) is 3. The molecule has 1 aliphatic heterocycles. The first kappa shape index (κ1) is 26.4. The van der Waals surface area contributed by atoms with Crippen LogP contribution in [0.25, 0.3) is 0 Å². The van der Waals surface area contributed by atoms with Crippen LogP contribution in [0.4, 0.5) is 0 Å². The smallest absolute Gasteiger partial charge is 0.338 e. The largest absolute Gasteiger partial charge is 0.490 e. The summed E-state index contributed by atoms with van der Waals surface area (Å²) < 4.78 is 16.4. The molecule has 1 amide bonds. The third-order valence-electron chi connectivity index (χ3n) is 5.00. The lowest BCUT2D eigenvalue weighted by Gasteiger charge is -2.30. The van der Waals surface area contributed by atoms with Gasteiger partial charge in [-0.2, -0.15) is 5.10 Å². The number of amides is 1. The van der Waals surface area contributed by atoms with Crippen LogP contribution in [-0.2, 0) is 14.3 Å². The van der Waals surface area contributed by atoms with Gasteiger partial charge in [0.15, 0.2) is 11.7 Å². The number of carbonyl (C=O) groups is 2. The van der Waals surface area contributed by atoms with Crippen LogP contribution in [0.5, 0.6) is 11.5 Å². The molecule has 0 aromatic heterocycles. The molecule has 1 heterocycles. The van der Waals surface area contributed by atoms with Crippen LogP contribution in [0.3, 0.4) is 0 Å². The van der Waals surface area contributed by atoms with Crippen LogP contribution in [0, 0.1) is 0 Å². The number of allylic oxidation sites excluding steroid dienone is 1. The Kier molecular flexibility index (Phi) is 9.58. The minimum atomic E-state index is -0.603. The van der Waals surface area contributed by atoms with E-state index in [-0.39, 0.29) is 13.2 Å². The summed E-state index contributed by atoms with van der Waals surface area (Å²) in [5.74, 6) is 0.217. The molecule has 3 N–H and O–H groups in total. The second-order valence-electron chi connectivity index (χ2n) is 7.58. The summed E-state index contributed by atoms with van der Waals surface area (Å²) in [4.78, 5) is 25.0. The third-order valence-corrected chi connectivity index (χ3v) is 5.22. The molecule has 0 bridgehead atoms. The number of ether oxygens (including phenoxy) is 3. The second-order valence-corrected chi connectivity index (χ2v) is 7.99. The first-order valence-corrected chi connectivity index (χ1v) is 11.7. The summed E-state index contributed by atoms with van der Waals surface area (Å²) in [6, 6.07) is 13.7. The Balaban J connectivity index is 1.64. The van der Waals surface area contributed by atoms with Crippen molar-refractivity contribution in [1.29, 1.82) is 0 Å². The Morgan fingerprint density at radius 2 is 1.92 bits per heavy atom. The van der Waals surface area contributed by atoms with E-state index in [0.717, 1.165) is 5.56 Å². The lowest BCUT2D eigenvalue weighted by molar-refractivity contribution is -0.139. The SMILES string of the molecule is C=CCOc1ccc(C=NNC(=O)COc2ccccc2[C@@H]2NC(=S)NC(C)=C2C(=O)OCC)cc1. The number of para-hydroxylation sites is 1. The van der Waals surface area contributed by atoms with Crippen LogP contribution in [0.15, 0.2) is 77.6 Å². The lowest BCUT2D eigenvalue weighted by atomic mass is 9.95. The van der Waals surface area contributed by atoms with Gasteiger partial charge in [-0.05, 0) is 62.0 Å². The predicted molar refractivity (Wildman–Crippen MR) is 141 cm³/mol. The predicted octanol–water partition coefficient (Wildman–Crippen LogP) is 3.14. The highest BCUT2D eigenvalue weighted by Gasteiger charge is 2.32. The number of esters is 1. The van der Waals surface area contributed by atoms with Crippen LogP contribution < -0.4 is 25.5 Å². The van der Waals surface area contributed by atoms with Gasteiger partial charge in [0.05, 0.1) is 24.4 Å². The molecule has 1 atom stereocenters. The molecule has 3 rings (SSSR count).